The summed E-state index contributed by atoms with van der Waals surface area (Å²) in [6.45, 7) is 1.52. The molecular formula is C14H17ClFNO2S. The van der Waals surface area contributed by atoms with Gasteiger partial charge in [-0.15, -0.1) is 0 Å². The van der Waals surface area contributed by atoms with Crippen LogP contribution in [0.25, 0.3) is 0 Å². The number of rotatable bonds is 3. The third kappa shape index (κ3) is 2.59. The highest BCUT2D eigenvalue weighted by molar-refractivity contribution is 7.91. The van der Waals surface area contributed by atoms with Gasteiger partial charge in [-0.1, -0.05) is 17.7 Å². The lowest BCUT2D eigenvalue weighted by molar-refractivity contribution is 0.0913. The summed E-state index contributed by atoms with van der Waals surface area (Å²) < 4.78 is 37.3. The molecule has 0 aliphatic carbocycles. The molecule has 2 aliphatic rings. The summed E-state index contributed by atoms with van der Waals surface area (Å²) in [5.41, 5.74) is 0.498. The number of benzene rings is 1. The summed E-state index contributed by atoms with van der Waals surface area (Å²) in [6, 6.07) is 4.72. The van der Waals surface area contributed by atoms with Gasteiger partial charge in [0, 0.05) is 23.5 Å². The molecule has 1 aromatic carbocycles. The van der Waals surface area contributed by atoms with Crippen LogP contribution >= 0.6 is 11.6 Å². The topological polar surface area (TPSA) is 46.2 Å². The van der Waals surface area contributed by atoms with Crippen molar-refractivity contribution in [3.8, 4) is 0 Å². The van der Waals surface area contributed by atoms with Crippen molar-refractivity contribution >= 4 is 21.4 Å². The number of sulfone groups is 1. The first-order valence-corrected chi connectivity index (χ1v) is 8.95. The van der Waals surface area contributed by atoms with E-state index in [1.807, 2.05) is 0 Å². The Morgan fingerprint density at radius 2 is 2.15 bits per heavy atom. The lowest BCUT2D eigenvalue weighted by atomic mass is 9.66. The van der Waals surface area contributed by atoms with Gasteiger partial charge in [-0.25, -0.2) is 12.8 Å². The lowest BCUT2D eigenvalue weighted by Crippen LogP contribution is -2.59. The van der Waals surface area contributed by atoms with Gasteiger partial charge < -0.3 is 5.32 Å². The molecule has 2 fully saturated rings. The van der Waals surface area contributed by atoms with E-state index in [2.05, 4.69) is 5.32 Å². The van der Waals surface area contributed by atoms with Gasteiger partial charge in [0.2, 0.25) is 0 Å². The highest BCUT2D eigenvalue weighted by atomic mass is 35.5. The van der Waals surface area contributed by atoms with Crippen LogP contribution in [0.15, 0.2) is 18.2 Å². The summed E-state index contributed by atoms with van der Waals surface area (Å²) in [5.74, 6) is 0.334. The van der Waals surface area contributed by atoms with Crippen LogP contribution in [0.3, 0.4) is 0 Å². The quantitative estimate of drug-likeness (QED) is 0.928. The van der Waals surface area contributed by atoms with E-state index in [1.165, 1.54) is 6.07 Å². The molecule has 20 heavy (non-hydrogen) atoms. The van der Waals surface area contributed by atoms with Gasteiger partial charge in [-0.3, -0.25) is 0 Å². The zero-order valence-corrected chi connectivity index (χ0v) is 12.6. The summed E-state index contributed by atoms with van der Waals surface area (Å²) >= 11 is 5.77. The predicted octanol–water partition coefficient (Wildman–Crippen LogP) is 2.05. The van der Waals surface area contributed by atoms with Crippen LogP contribution in [0.5, 0.6) is 0 Å². The SMILES string of the molecule is O=S1(=O)CCC(C2(Cc3ccc(Cl)cc3F)CNC2)C1. The number of halogens is 2. The van der Waals surface area contributed by atoms with E-state index in [1.54, 1.807) is 12.1 Å². The maximum absolute atomic E-state index is 14.0. The van der Waals surface area contributed by atoms with E-state index in [4.69, 9.17) is 11.6 Å². The molecule has 1 unspecified atom stereocenters. The molecule has 0 bridgehead atoms. The Morgan fingerprint density at radius 1 is 1.40 bits per heavy atom. The molecule has 1 aromatic rings. The fraction of sp³-hybridized carbons (Fsp3) is 0.571. The third-order valence-electron chi connectivity index (χ3n) is 4.61. The van der Waals surface area contributed by atoms with Crippen LogP contribution in [0, 0.1) is 17.2 Å². The molecule has 0 radical (unpaired) electrons. The van der Waals surface area contributed by atoms with E-state index in [0.717, 1.165) is 13.1 Å². The van der Waals surface area contributed by atoms with Crippen molar-refractivity contribution in [3.05, 3.63) is 34.6 Å². The van der Waals surface area contributed by atoms with Gasteiger partial charge in [0.15, 0.2) is 9.84 Å². The van der Waals surface area contributed by atoms with Gasteiger partial charge in [0.1, 0.15) is 5.82 Å². The Labute approximate surface area is 123 Å². The van der Waals surface area contributed by atoms with Crippen molar-refractivity contribution in [1.29, 1.82) is 0 Å². The zero-order chi connectivity index (χ0) is 14.4. The first-order chi connectivity index (χ1) is 9.40. The van der Waals surface area contributed by atoms with Crippen molar-refractivity contribution in [3.63, 3.8) is 0 Å². The largest absolute Gasteiger partial charge is 0.315 e. The smallest absolute Gasteiger partial charge is 0.150 e. The highest BCUT2D eigenvalue weighted by Crippen LogP contribution is 2.42. The average molecular weight is 318 g/mol. The fourth-order valence-electron chi connectivity index (χ4n) is 3.33. The molecule has 6 heteroatoms. The lowest BCUT2D eigenvalue weighted by Gasteiger charge is -2.47. The normalized spacial score (nSPS) is 27.2. The minimum absolute atomic E-state index is 0.127. The maximum atomic E-state index is 14.0. The molecule has 2 heterocycles. The third-order valence-corrected chi connectivity index (χ3v) is 6.61. The second-order valence-corrected chi connectivity index (χ2v) is 8.64. The highest BCUT2D eigenvalue weighted by Gasteiger charge is 2.48. The molecule has 2 aliphatic heterocycles. The van der Waals surface area contributed by atoms with Crippen LogP contribution in [0.2, 0.25) is 5.02 Å². The van der Waals surface area contributed by atoms with Crippen molar-refractivity contribution in [2.45, 2.75) is 12.8 Å². The molecule has 0 amide bonds. The molecule has 1 atom stereocenters. The molecule has 0 aromatic heterocycles. The molecular weight excluding hydrogens is 301 g/mol. The first-order valence-electron chi connectivity index (χ1n) is 6.75. The predicted molar refractivity (Wildman–Crippen MR) is 77.2 cm³/mol. The van der Waals surface area contributed by atoms with E-state index in [-0.39, 0.29) is 28.7 Å². The van der Waals surface area contributed by atoms with Crippen molar-refractivity contribution in [2.24, 2.45) is 11.3 Å². The standard InChI is InChI=1S/C14H17ClFNO2S/c15-12-2-1-10(13(16)5-12)6-14(8-17-9-14)11-3-4-20(18,19)7-11/h1-2,5,11,17H,3-4,6-9H2. The Hall–Kier alpha value is -0.650. The summed E-state index contributed by atoms with van der Waals surface area (Å²) in [6.07, 6.45) is 1.27. The van der Waals surface area contributed by atoms with Gasteiger partial charge in [-0.2, -0.15) is 0 Å². The summed E-state index contributed by atoms with van der Waals surface area (Å²) in [5, 5.41) is 3.60. The van der Waals surface area contributed by atoms with Crippen LogP contribution in [0.1, 0.15) is 12.0 Å². The van der Waals surface area contributed by atoms with E-state index >= 15 is 0 Å². The first kappa shape index (κ1) is 14.3. The average Bonchev–Trinajstić information content (AvgIpc) is 2.67. The van der Waals surface area contributed by atoms with Gasteiger partial charge in [0.25, 0.3) is 0 Å². The van der Waals surface area contributed by atoms with Crippen molar-refractivity contribution in [2.75, 3.05) is 24.6 Å². The van der Waals surface area contributed by atoms with E-state index in [9.17, 15) is 12.8 Å². The summed E-state index contributed by atoms with van der Waals surface area (Å²) in [7, 11) is -2.91. The minimum atomic E-state index is -2.91. The minimum Gasteiger partial charge on any atom is -0.315 e. The van der Waals surface area contributed by atoms with Crippen LogP contribution in [0.4, 0.5) is 4.39 Å². The number of hydrogen-bond donors (Lipinski definition) is 1. The Morgan fingerprint density at radius 3 is 2.65 bits per heavy atom. The molecule has 1 N–H and O–H groups in total. The molecule has 3 rings (SSSR count). The number of hydrogen-bond acceptors (Lipinski definition) is 3. The fourth-order valence-corrected chi connectivity index (χ4v) is 5.43. The van der Waals surface area contributed by atoms with Crippen LogP contribution in [-0.4, -0.2) is 33.0 Å². The van der Waals surface area contributed by atoms with E-state index < -0.39 is 9.84 Å². The van der Waals surface area contributed by atoms with Crippen LogP contribution in [-0.2, 0) is 16.3 Å². The number of nitrogens with one attached hydrogen (secondary N) is 1. The van der Waals surface area contributed by atoms with Crippen LogP contribution < -0.4 is 5.32 Å². The Bertz CT molecular complexity index is 628. The molecule has 0 saturated carbocycles. The molecule has 3 nitrogen and oxygen atoms in total. The maximum Gasteiger partial charge on any atom is 0.150 e. The van der Waals surface area contributed by atoms with Gasteiger partial charge in [0.05, 0.1) is 11.5 Å². The van der Waals surface area contributed by atoms with E-state index in [0.29, 0.717) is 23.4 Å². The molecule has 2 saturated heterocycles. The monoisotopic (exact) mass is 317 g/mol. The van der Waals surface area contributed by atoms with Crippen molar-refractivity contribution < 1.29 is 12.8 Å². The zero-order valence-electron chi connectivity index (χ0n) is 11.0. The Balaban J connectivity index is 1.83. The molecule has 110 valence electrons. The second-order valence-electron chi connectivity index (χ2n) is 5.98. The van der Waals surface area contributed by atoms with Gasteiger partial charge in [-0.05, 0) is 36.5 Å². The van der Waals surface area contributed by atoms with Gasteiger partial charge >= 0.3 is 0 Å². The van der Waals surface area contributed by atoms with Crippen molar-refractivity contribution in [1.82, 2.24) is 5.32 Å². The summed E-state index contributed by atoms with van der Waals surface area (Å²) in [4.78, 5) is 0. The Kier molecular flexibility index (Phi) is 3.55. The molecule has 0 spiro atoms. The second kappa shape index (κ2) is 4.97.